The van der Waals surface area contributed by atoms with Crippen LogP contribution in [0.1, 0.15) is 13.8 Å². The fourth-order valence-corrected chi connectivity index (χ4v) is 1.46. The number of hydrogen-bond donors (Lipinski definition) is 2. The van der Waals surface area contributed by atoms with Crippen molar-refractivity contribution < 1.29 is 9.90 Å². The van der Waals surface area contributed by atoms with Crippen molar-refractivity contribution in [1.29, 1.82) is 0 Å². The summed E-state index contributed by atoms with van der Waals surface area (Å²) in [6, 6.07) is -0.596. The van der Waals surface area contributed by atoms with Gasteiger partial charge in [0.25, 0.3) is 0 Å². The first kappa shape index (κ1) is 10.7. The second kappa shape index (κ2) is 5.37. The SMILES string of the molecule is CCSC(=S)N[C@@H](C)C(=O)O. The minimum atomic E-state index is -0.885. The van der Waals surface area contributed by atoms with Crippen molar-refractivity contribution in [3.05, 3.63) is 0 Å². The summed E-state index contributed by atoms with van der Waals surface area (Å²) in [4.78, 5) is 10.3. The van der Waals surface area contributed by atoms with Crippen molar-refractivity contribution >= 4 is 34.3 Å². The highest BCUT2D eigenvalue weighted by Gasteiger charge is 2.10. The van der Waals surface area contributed by atoms with E-state index >= 15 is 0 Å². The van der Waals surface area contributed by atoms with Gasteiger partial charge in [-0.15, -0.1) is 0 Å². The van der Waals surface area contributed by atoms with Crippen LogP contribution in [0.4, 0.5) is 0 Å². The van der Waals surface area contributed by atoms with E-state index in [-0.39, 0.29) is 0 Å². The number of thioether (sulfide) groups is 1. The van der Waals surface area contributed by atoms with Crippen molar-refractivity contribution in [3.63, 3.8) is 0 Å². The summed E-state index contributed by atoms with van der Waals surface area (Å²) < 4.78 is 0.544. The van der Waals surface area contributed by atoms with Gasteiger partial charge in [0.2, 0.25) is 0 Å². The predicted octanol–water partition coefficient (Wildman–Crippen LogP) is 1.09. The highest BCUT2D eigenvalue weighted by molar-refractivity contribution is 8.22. The van der Waals surface area contributed by atoms with Crippen LogP contribution in [0.5, 0.6) is 0 Å². The monoisotopic (exact) mass is 193 g/mol. The smallest absolute Gasteiger partial charge is 0.325 e. The molecule has 2 N–H and O–H groups in total. The molecule has 0 saturated carbocycles. The van der Waals surface area contributed by atoms with E-state index in [2.05, 4.69) is 5.32 Å². The van der Waals surface area contributed by atoms with Crippen molar-refractivity contribution in [2.75, 3.05) is 5.75 Å². The van der Waals surface area contributed by atoms with E-state index in [1.165, 1.54) is 11.8 Å². The second-order valence-electron chi connectivity index (χ2n) is 1.92. The molecule has 0 radical (unpaired) electrons. The van der Waals surface area contributed by atoms with E-state index in [0.717, 1.165) is 5.75 Å². The number of carbonyl (C=O) groups is 1. The first-order valence-electron chi connectivity index (χ1n) is 3.24. The molecule has 0 bridgehead atoms. The zero-order chi connectivity index (χ0) is 8.85. The highest BCUT2D eigenvalue weighted by atomic mass is 32.2. The summed E-state index contributed by atoms with van der Waals surface area (Å²) in [5.41, 5.74) is 0. The number of carboxylic acid groups (broad SMARTS) is 1. The average molecular weight is 193 g/mol. The Morgan fingerprint density at radius 2 is 2.36 bits per heavy atom. The summed E-state index contributed by atoms with van der Waals surface area (Å²) >= 11 is 6.27. The molecule has 0 amide bonds. The Morgan fingerprint density at radius 1 is 1.82 bits per heavy atom. The lowest BCUT2D eigenvalue weighted by Gasteiger charge is -2.09. The minimum absolute atomic E-state index is 0.544. The van der Waals surface area contributed by atoms with Crippen LogP contribution >= 0.6 is 24.0 Å². The topological polar surface area (TPSA) is 49.3 Å². The van der Waals surface area contributed by atoms with Crippen LogP contribution in [0, 0.1) is 0 Å². The van der Waals surface area contributed by atoms with Crippen LogP contribution < -0.4 is 5.32 Å². The Labute approximate surface area is 75.6 Å². The molecule has 64 valence electrons. The first-order chi connectivity index (χ1) is 5.07. The normalized spacial score (nSPS) is 12.2. The molecular weight excluding hydrogens is 182 g/mol. The average Bonchev–Trinajstić information content (AvgIpc) is 1.87. The lowest BCUT2D eigenvalue weighted by molar-refractivity contribution is -0.138. The number of hydrogen-bond acceptors (Lipinski definition) is 3. The van der Waals surface area contributed by atoms with Crippen LogP contribution in [-0.4, -0.2) is 27.2 Å². The number of aliphatic carboxylic acids is 1. The largest absolute Gasteiger partial charge is 0.480 e. The number of nitrogens with one attached hydrogen (secondary N) is 1. The summed E-state index contributed by atoms with van der Waals surface area (Å²) in [5.74, 6) is -0.0258. The molecule has 0 aromatic rings. The lowest BCUT2D eigenvalue weighted by atomic mass is 10.4. The van der Waals surface area contributed by atoms with E-state index < -0.39 is 12.0 Å². The molecule has 0 saturated heterocycles. The Morgan fingerprint density at radius 3 is 2.73 bits per heavy atom. The molecule has 1 atom stereocenters. The van der Waals surface area contributed by atoms with E-state index in [0.29, 0.717) is 4.32 Å². The van der Waals surface area contributed by atoms with E-state index in [1.54, 1.807) is 6.92 Å². The molecule has 0 fully saturated rings. The van der Waals surface area contributed by atoms with Gasteiger partial charge >= 0.3 is 5.97 Å². The zero-order valence-corrected chi connectivity index (χ0v) is 8.09. The maximum absolute atomic E-state index is 10.3. The Hall–Kier alpha value is -0.290. The summed E-state index contributed by atoms with van der Waals surface area (Å²) in [6.45, 7) is 3.52. The molecule has 0 unspecified atom stereocenters. The molecule has 0 aliphatic rings. The Balaban J connectivity index is 3.66. The van der Waals surface area contributed by atoms with E-state index in [1.807, 2.05) is 6.92 Å². The van der Waals surface area contributed by atoms with Gasteiger partial charge in [-0.2, -0.15) is 0 Å². The van der Waals surface area contributed by atoms with Gasteiger partial charge in [-0.25, -0.2) is 0 Å². The minimum Gasteiger partial charge on any atom is -0.480 e. The fraction of sp³-hybridized carbons (Fsp3) is 0.667. The quantitative estimate of drug-likeness (QED) is 0.657. The fourth-order valence-electron chi connectivity index (χ4n) is 0.411. The third-order valence-corrected chi connectivity index (χ3v) is 2.12. The highest BCUT2D eigenvalue weighted by Crippen LogP contribution is 2.00. The van der Waals surface area contributed by atoms with Gasteiger partial charge < -0.3 is 10.4 Å². The molecule has 5 heteroatoms. The zero-order valence-electron chi connectivity index (χ0n) is 6.46. The van der Waals surface area contributed by atoms with Gasteiger partial charge in [-0.1, -0.05) is 30.9 Å². The molecule has 0 aromatic carbocycles. The van der Waals surface area contributed by atoms with Gasteiger partial charge in [0.1, 0.15) is 10.4 Å². The maximum Gasteiger partial charge on any atom is 0.325 e. The van der Waals surface area contributed by atoms with Gasteiger partial charge in [0.15, 0.2) is 0 Å². The van der Waals surface area contributed by atoms with Crippen molar-refractivity contribution in [1.82, 2.24) is 5.32 Å². The van der Waals surface area contributed by atoms with Crippen molar-refractivity contribution in [2.24, 2.45) is 0 Å². The molecule has 0 spiro atoms. The molecule has 0 aliphatic heterocycles. The molecule has 11 heavy (non-hydrogen) atoms. The number of rotatable bonds is 3. The van der Waals surface area contributed by atoms with E-state index in [4.69, 9.17) is 17.3 Å². The van der Waals surface area contributed by atoms with Crippen molar-refractivity contribution in [3.8, 4) is 0 Å². The summed E-state index contributed by atoms with van der Waals surface area (Å²) in [7, 11) is 0. The van der Waals surface area contributed by atoms with Crippen LogP contribution in [0.2, 0.25) is 0 Å². The maximum atomic E-state index is 10.3. The Kier molecular flexibility index (Phi) is 5.23. The molecule has 0 rings (SSSR count). The first-order valence-corrected chi connectivity index (χ1v) is 4.63. The summed E-state index contributed by atoms with van der Waals surface area (Å²) in [6.07, 6.45) is 0. The van der Waals surface area contributed by atoms with Crippen LogP contribution in [0.25, 0.3) is 0 Å². The standard InChI is InChI=1S/C6H11NO2S2/c1-3-11-6(10)7-4(2)5(8)9/h4H,3H2,1-2H3,(H,7,10)(H,8,9)/t4-/m0/s1. The molecule has 0 aliphatic carbocycles. The number of thiocarbonyl (C=S) groups is 1. The Bertz CT molecular complexity index is 161. The third kappa shape index (κ3) is 5.03. The van der Waals surface area contributed by atoms with E-state index in [9.17, 15) is 4.79 Å². The number of carboxylic acids is 1. The molecule has 3 nitrogen and oxygen atoms in total. The summed E-state index contributed by atoms with van der Waals surface area (Å²) in [5, 5.41) is 11.1. The third-order valence-electron chi connectivity index (χ3n) is 0.980. The van der Waals surface area contributed by atoms with Crippen LogP contribution in [0.3, 0.4) is 0 Å². The van der Waals surface area contributed by atoms with Crippen LogP contribution in [-0.2, 0) is 4.79 Å². The molecule has 0 aromatic heterocycles. The molecule has 0 heterocycles. The molecular formula is C6H11NO2S2. The lowest BCUT2D eigenvalue weighted by Crippen LogP contribution is -2.36. The second-order valence-corrected chi connectivity index (χ2v) is 3.87. The van der Waals surface area contributed by atoms with Gasteiger partial charge in [-0.3, -0.25) is 4.79 Å². The van der Waals surface area contributed by atoms with Gasteiger partial charge in [-0.05, 0) is 12.7 Å². The van der Waals surface area contributed by atoms with Crippen molar-refractivity contribution in [2.45, 2.75) is 19.9 Å². The predicted molar refractivity (Wildman–Crippen MR) is 51.0 cm³/mol. The van der Waals surface area contributed by atoms with Gasteiger partial charge in [0.05, 0.1) is 0 Å². The van der Waals surface area contributed by atoms with Gasteiger partial charge in [0, 0.05) is 0 Å². The van der Waals surface area contributed by atoms with Crippen LogP contribution in [0.15, 0.2) is 0 Å².